The lowest BCUT2D eigenvalue weighted by Gasteiger charge is -2.34. The fourth-order valence-electron chi connectivity index (χ4n) is 2.12. The predicted molar refractivity (Wildman–Crippen MR) is 73.6 cm³/mol. The number of amides is 2. The molecule has 2 heterocycles. The second-order valence-corrected chi connectivity index (χ2v) is 5.26. The summed E-state index contributed by atoms with van der Waals surface area (Å²) in [5, 5.41) is 3.96. The lowest BCUT2D eigenvalue weighted by Crippen LogP contribution is -2.51. The quantitative estimate of drug-likeness (QED) is 0.784. The molecular weight excluding hydrogens is 280 g/mol. The van der Waals surface area contributed by atoms with E-state index in [1.54, 1.807) is 9.80 Å². The Morgan fingerprint density at radius 1 is 1.25 bits per heavy atom. The Labute approximate surface area is 121 Å². The van der Waals surface area contributed by atoms with Crippen LogP contribution in [0.15, 0.2) is 0 Å². The molecule has 0 unspecified atom stereocenters. The molecule has 1 aliphatic heterocycles. The zero-order valence-corrected chi connectivity index (χ0v) is 12.5. The van der Waals surface area contributed by atoms with Crippen LogP contribution in [-0.4, -0.2) is 71.1 Å². The molecule has 1 aliphatic rings. The van der Waals surface area contributed by atoms with E-state index in [1.165, 1.54) is 7.11 Å². The van der Waals surface area contributed by atoms with E-state index in [0.717, 1.165) is 17.2 Å². The molecule has 110 valence electrons. The van der Waals surface area contributed by atoms with E-state index < -0.39 is 0 Å². The SMILES string of the molecule is CCc1nnsc1C(=O)N1CCN(C(=O)COC)CC1. The molecule has 2 amide bonds. The van der Waals surface area contributed by atoms with Crippen LogP contribution in [0, 0.1) is 0 Å². The Hall–Kier alpha value is -1.54. The van der Waals surface area contributed by atoms with Gasteiger partial charge in [-0.15, -0.1) is 5.10 Å². The summed E-state index contributed by atoms with van der Waals surface area (Å²) in [5.74, 6) is -0.0657. The Morgan fingerprint density at radius 3 is 2.50 bits per heavy atom. The molecule has 2 rings (SSSR count). The summed E-state index contributed by atoms with van der Waals surface area (Å²) in [5.41, 5.74) is 0.748. The molecule has 0 aliphatic carbocycles. The molecule has 0 radical (unpaired) electrons. The first-order valence-electron chi connectivity index (χ1n) is 6.54. The van der Waals surface area contributed by atoms with Crippen LogP contribution < -0.4 is 0 Å². The summed E-state index contributed by atoms with van der Waals surface area (Å²) in [4.78, 5) is 28.1. The molecule has 1 fully saturated rings. The Kier molecular flexibility index (Phi) is 5.02. The summed E-state index contributed by atoms with van der Waals surface area (Å²) in [6, 6.07) is 0. The van der Waals surface area contributed by atoms with E-state index in [4.69, 9.17) is 4.74 Å². The number of piperazine rings is 1. The van der Waals surface area contributed by atoms with Gasteiger partial charge in [-0.1, -0.05) is 11.4 Å². The number of methoxy groups -OCH3 is 1. The van der Waals surface area contributed by atoms with Gasteiger partial charge in [0.05, 0.1) is 5.69 Å². The molecule has 8 heteroatoms. The predicted octanol–water partition coefficient (Wildman–Crippen LogP) is 0.0313. The smallest absolute Gasteiger partial charge is 0.267 e. The Morgan fingerprint density at radius 2 is 1.90 bits per heavy atom. The van der Waals surface area contributed by atoms with Crippen LogP contribution in [0.2, 0.25) is 0 Å². The van der Waals surface area contributed by atoms with E-state index >= 15 is 0 Å². The van der Waals surface area contributed by atoms with Gasteiger partial charge in [-0.3, -0.25) is 9.59 Å². The second-order valence-electron chi connectivity index (χ2n) is 4.51. The lowest BCUT2D eigenvalue weighted by molar-refractivity contribution is -0.136. The average Bonchev–Trinajstić information content (AvgIpc) is 2.95. The summed E-state index contributed by atoms with van der Waals surface area (Å²) >= 11 is 1.14. The summed E-state index contributed by atoms with van der Waals surface area (Å²) in [6.45, 7) is 4.20. The van der Waals surface area contributed by atoms with Gasteiger partial charge in [-0.25, -0.2) is 0 Å². The number of ether oxygens (including phenoxy) is 1. The number of aryl methyl sites for hydroxylation is 1. The van der Waals surface area contributed by atoms with E-state index in [-0.39, 0.29) is 18.4 Å². The number of carbonyl (C=O) groups excluding carboxylic acids is 2. The molecule has 1 aromatic rings. The third-order valence-corrected chi connectivity index (χ3v) is 4.03. The van der Waals surface area contributed by atoms with Crippen molar-refractivity contribution in [1.82, 2.24) is 19.4 Å². The molecule has 20 heavy (non-hydrogen) atoms. The van der Waals surface area contributed by atoms with Crippen molar-refractivity contribution in [3.05, 3.63) is 10.6 Å². The third-order valence-electron chi connectivity index (χ3n) is 3.27. The van der Waals surface area contributed by atoms with E-state index in [9.17, 15) is 9.59 Å². The minimum absolute atomic E-state index is 0.0318. The number of carbonyl (C=O) groups is 2. The number of rotatable bonds is 4. The second kappa shape index (κ2) is 6.76. The van der Waals surface area contributed by atoms with Crippen molar-refractivity contribution in [2.45, 2.75) is 13.3 Å². The number of hydrogen-bond acceptors (Lipinski definition) is 6. The molecule has 7 nitrogen and oxygen atoms in total. The van der Waals surface area contributed by atoms with E-state index in [1.807, 2.05) is 6.92 Å². The number of hydrogen-bond donors (Lipinski definition) is 0. The maximum absolute atomic E-state index is 12.4. The lowest BCUT2D eigenvalue weighted by atomic mass is 10.2. The highest BCUT2D eigenvalue weighted by Crippen LogP contribution is 2.15. The summed E-state index contributed by atoms with van der Waals surface area (Å²) in [6.07, 6.45) is 0.698. The van der Waals surface area contributed by atoms with Crippen molar-refractivity contribution < 1.29 is 14.3 Å². The zero-order valence-electron chi connectivity index (χ0n) is 11.7. The fraction of sp³-hybridized carbons (Fsp3) is 0.667. The van der Waals surface area contributed by atoms with Crippen LogP contribution >= 0.6 is 11.5 Å². The van der Waals surface area contributed by atoms with Crippen LogP contribution in [0.5, 0.6) is 0 Å². The van der Waals surface area contributed by atoms with Crippen LogP contribution in [0.3, 0.4) is 0 Å². The number of aromatic nitrogens is 2. The highest BCUT2D eigenvalue weighted by Gasteiger charge is 2.27. The van der Waals surface area contributed by atoms with Gasteiger partial charge in [0.2, 0.25) is 5.91 Å². The highest BCUT2D eigenvalue weighted by atomic mass is 32.1. The van der Waals surface area contributed by atoms with Crippen molar-refractivity contribution in [2.24, 2.45) is 0 Å². The van der Waals surface area contributed by atoms with Gasteiger partial charge in [0.25, 0.3) is 5.91 Å². The molecule has 0 N–H and O–H groups in total. The minimum Gasteiger partial charge on any atom is -0.375 e. The maximum atomic E-state index is 12.4. The summed E-state index contributed by atoms with van der Waals surface area (Å²) < 4.78 is 8.67. The molecule has 1 saturated heterocycles. The minimum atomic E-state index is -0.0340. The molecular formula is C12H18N4O3S. The fourth-order valence-corrected chi connectivity index (χ4v) is 2.84. The van der Waals surface area contributed by atoms with Gasteiger partial charge in [0.1, 0.15) is 11.5 Å². The van der Waals surface area contributed by atoms with Crippen molar-refractivity contribution in [2.75, 3.05) is 39.9 Å². The van der Waals surface area contributed by atoms with Gasteiger partial charge < -0.3 is 14.5 Å². The molecule has 0 atom stereocenters. The average molecular weight is 298 g/mol. The molecule has 1 aromatic heterocycles. The van der Waals surface area contributed by atoms with Gasteiger partial charge in [0, 0.05) is 33.3 Å². The Bertz CT molecular complexity index is 483. The van der Waals surface area contributed by atoms with Crippen LogP contribution in [0.1, 0.15) is 22.3 Å². The van der Waals surface area contributed by atoms with Crippen LogP contribution in [0.25, 0.3) is 0 Å². The van der Waals surface area contributed by atoms with Crippen molar-refractivity contribution >= 4 is 23.3 Å². The maximum Gasteiger partial charge on any atom is 0.267 e. The van der Waals surface area contributed by atoms with Gasteiger partial charge >= 0.3 is 0 Å². The van der Waals surface area contributed by atoms with Gasteiger partial charge in [-0.05, 0) is 18.0 Å². The number of nitrogens with zero attached hydrogens (tertiary/aromatic N) is 4. The summed E-state index contributed by atoms with van der Waals surface area (Å²) in [7, 11) is 1.50. The van der Waals surface area contributed by atoms with Crippen LogP contribution in [-0.2, 0) is 16.0 Å². The molecule has 0 spiro atoms. The first-order chi connectivity index (χ1) is 9.67. The van der Waals surface area contributed by atoms with E-state index in [0.29, 0.717) is 37.5 Å². The van der Waals surface area contributed by atoms with Gasteiger partial charge in [0.15, 0.2) is 0 Å². The third kappa shape index (κ3) is 3.13. The topological polar surface area (TPSA) is 75.6 Å². The molecule has 0 aromatic carbocycles. The standard InChI is InChI=1S/C12H18N4O3S/c1-3-9-11(20-14-13-9)12(18)16-6-4-15(5-7-16)10(17)8-19-2/h3-8H2,1-2H3. The monoisotopic (exact) mass is 298 g/mol. The molecule has 0 bridgehead atoms. The van der Waals surface area contributed by atoms with Crippen LogP contribution in [0.4, 0.5) is 0 Å². The molecule has 0 saturated carbocycles. The van der Waals surface area contributed by atoms with Crippen molar-refractivity contribution in [3.63, 3.8) is 0 Å². The largest absolute Gasteiger partial charge is 0.375 e. The highest BCUT2D eigenvalue weighted by molar-refractivity contribution is 7.08. The normalized spacial score (nSPS) is 15.5. The Balaban J connectivity index is 1.94. The zero-order chi connectivity index (χ0) is 14.5. The first-order valence-corrected chi connectivity index (χ1v) is 7.32. The first kappa shape index (κ1) is 14.9. The van der Waals surface area contributed by atoms with Crippen molar-refractivity contribution in [3.8, 4) is 0 Å². The van der Waals surface area contributed by atoms with Gasteiger partial charge in [-0.2, -0.15) is 0 Å². The van der Waals surface area contributed by atoms with Crippen molar-refractivity contribution in [1.29, 1.82) is 0 Å². The van der Waals surface area contributed by atoms with E-state index in [2.05, 4.69) is 9.59 Å².